The molecule has 1 aliphatic heterocycles. The molecule has 1 fully saturated rings. The lowest BCUT2D eigenvalue weighted by Gasteiger charge is -2.35. The number of carbonyl (C=O) groups is 1. The Morgan fingerprint density at radius 1 is 1.23 bits per heavy atom. The number of pyridine rings is 1. The number of nitrogens with one attached hydrogen (secondary N) is 1. The number of halogens is 2. The summed E-state index contributed by atoms with van der Waals surface area (Å²) in [6.07, 6.45) is 7.76. The van der Waals surface area contributed by atoms with Crippen molar-refractivity contribution >= 4 is 36.5 Å². The number of carbonyl (C=O) groups excluding carboxylic acids is 1. The van der Waals surface area contributed by atoms with E-state index < -0.39 is 0 Å². The molecular formula is C19H25Cl2N3O2. The molecule has 1 unspecified atom stereocenters. The van der Waals surface area contributed by atoms with E-state index in [1.165, 1.54) is 5.56 Å². The molecule has 7 heteroatoms. The van der Waals surface area contributed by atoms with Crippen LogP contribution in [-0.2, 0) is 6.42 Å². The number of urea groups is 1. The van der Waals surface area contributed by atoms with Gasteiger partial charge in [-0.3, -0.25) is 4.98 Å². The van der Waals surface area contributed by atoms with Gasteiger partial charge in [-0.15, -0.1) is 24.8 Å². The molecule has 2 heterocycles. The number of hydrogen-bond acceptors (Lipinski definition) is 3. The number of methoxy groups -OCH3 is 1. The molecule has 26 heavy (non-hydrogen) atoms. The fraction of sp³-hybridized carbons (Fsp3) is 0.368. The average Bonchev–Trinajstić information content (AvgIpc) is 2.63. The molecule has 1 saturated heterocycles. The number of nitrogens with zero attached hydrogens (tertiary/aromatic N) is 2. The largest absolute Gasteiger partial charge is 0.497 e. The molecule has 0 bridgehead atoms. The van der Waals surface area contributed by atoms with Gasteiger partial charge in [-0.1, -0.05) is 6.07 Å². The third kappa shape index (κ3) is 5.78. The second kappa shape index (κ2) is 10.9. The van der Waals surface area contributed by atoms with Crippen LogP contribution in [0.3, 0.4) is 0 Å². The lowest BCUT2D eigenvalue weighted by atomic mass is 9.96. The van der Waals surface area contributed by atoms with Gasteiger partial charge in [-0.2, -0.15) is 0 Å². The summed E-state index contributed by atoms with van der Waals surface area (Å²) in [4.78, 5) is 18.8. The van der Waals surface area contributed by atoms with Crippen LogP contribution in [0.15, 0.2) is 48.8 Å². The van der Waals surface area contributed by atoms with Crippen LogP contribution < -0.4 is 10.1 Å². The maximum Gasteiger partial charge on any atom is 0.322 e. The Balaban J connectivity index is 0.00000169. The monoisotopic (exact) mass is 397 g/mol. The lowest BCUT2D eigenvalue weighted by molar-refractivity contribution is 0.162. The van der Waals surface area contributed by atoms with Crippen LogP contribution in [0.2, 0.25) is 0 Å². The second-order valence-electron chi connectivity index (χ2n) is 6.07. The molecule has 0 radical (unpaired) electrons. The Morgan fingerprint density at radius 3 is 2.65 bits per heavy atom. The molecule has 2 aromatic rings. The SMILES string of the molecule is COc1ccc(NC(=O)N2CCCCC2Cc2cccnc2)cc1.Cl.Cl. The highest BCUT2D eigenvalue weighted by molar-refractivity contribution is 5.89. The maximum atomic E-state index is 12.7. The zero-order valence-corrected chi connectivity index (χ0v) is 16.4. The van der Waals surface area contributed by atoms with E-state index in [0.29, 0.717) is 0 Å². The van der Waals surface area contributed by atoms with Crippen molar-refractivity contribution in [2.24, 2.45) is 0 Å². The Bertz CT molecular complexity index is 668. The van der Waals surface area contributed by atoms with Crippen molar-refractivity contribution in [3.05, 3.63) is 54.4 Å². The van der Waals surface area contributed by atoms with Crippen LogP contribution in [0.25, 0.3) is 0 Å². The summed E-state index contributed by atoms with van der Waals surface area (Å²) in [5.41, 5.74) is 1.96. The van der Waals surface area contributed by atoms with Crippen molar-refractivity contribution in [3.63, 3.8) is 0 Å². The van der Waals surface area contributed by atoms with E-state index in [-0.39, 0.29) is 36.9 Å². The first-order chi connectivity index (χ1) is 11.8. The zero-order valence-electron chi connectivity index (χ0n) is 14.8. The number of benzene rings is 1. The van der Waals surface area contributed by atoms with E-state index in [1.54, 1.807) is 13.3 Å². The molecule has 0 spiro atoms. The van der Waals surface area contributed by atoms with E-state index >= 15 is 0 Å². The number of piperidine rings is 1. The summed E-state index contributed by atoms with van der Waals surface area (Å²) in [5, 5.41) is 2.99. The predicted octanol–water partition coefficient (Wildman–Crippen LogP) is 4.56. The van der Waals surface area contributed by atoms with Crippen LogP contribution >= 0.6 is 24.8 Å². The fourth-order valence-electron chi connectivity index (χ4n) is 3.14. The molecular weight excluding hydrogens is 373 g/mol. The van der Waals surface area contributed by atoms with Crippen molar-refractivity contribution in [1.29, 1.82) is 0 Å². The van der Waals surface area contributed by atoms with E-state index in [9.17, 15) is 4.79 Å². The zero-order chi connectivity index (χ0) is 16.8. The molecule has 1 N–H and O–H groups in total. The number of anilines is 1. The smallest absolute Gasteiger partial charge is 0.322 e. The van der Waals surface area contributed by atoms with Crippen molar-refractivity contribution in [1.82, 2.24) is 9.88 Å². The number of rotatable bonds is 4. The van der Waals surface area contributed by atoms with Gasteiger partial charge in [-0.05, 0) is 61.6 Å². The van der Waals surface area contributed by atoms with Crippen molar-refractivity contribution in [2.75, 3.05) is 19.0 Å². The Labute approximate surface area is 167 Å². The topological polar surface area (TPSA) is 54.5 Å². The third-order valence-corrected chi connectivity index (χ3v) is 4.42. The van der Waals surface area contributed by atoms with Gasteiger partial charge in [0.25, 0.3) is 0 Å². The lowest BCUT2D eigenvalue weighted by Crippen LogP contribution is -2.46. The fourth-order valence-corrected chi connectivity index (χ4v) is 3.14. The number of amides is 2. The number of likely N-dealkylation sites (tertiary alicyclic amines) is 1. The maximum absolute atomic E-state index is 12.7. The van der Waals surface area contributed by atoms with Gasteiger partial charge in [0.05, 0.1) is 7.11 Å². The second-order valence-corrected chi connectivity index (χ2v) is 6.07. The van der Waals surface area contributed by atoms with Crippen molar-refractivity contribution in [3.8, 4) is 5.75 Å². The summed E-state index contributed by atoms with van der Waals surface area (Å²) in [6.45, 7) is 0.799. The Morgan fingerprint density at radius 2 is 2.00 bits per heavy atom. The minimum Gasteiger partial charge on any atom is -0.497 e. The van der Waals surface area contributed by atoms with E-state index in [2.05, 4.69) is 16.4 Å². The van der Waals surface area contributed by atoms with Crippen LogP contribution in [0.1, 0.15) is 24.8 Å². The van der Waals surface area contributed by atoms with Gasteiger partial charge in [0, 0.05) is 30.7 Å². The van der Waals surface area contributed by atoms with Crippen molar-refractivity contribution in [2.45, 2.75) is 31.7 Å². The van der Waals surface area contributed by atoms with Gasteiger partial charge in [0.15, 0.2) is 0 Å². The highest BCUT2D eigenvalue weighted by Crippen LogP contribution is 2.22. The quantitative estimate of drug-likeness (QED) is 0.821. The first-order valence-corrected chi connectivity index (χ1v) is 8.37. The van der Waals surface area contributed by atoms with Gasteiger partial charge in [0.2, 0.25) is 0 Å². The van der Waals surface area contributed by atoms with Gasteiger partial charge in [0.1, 0.15) is 5.75 Å². The van der Waals surface area contributed by atoms with Gasteiger partial charge >= 0.3 is 6.03 Å². The summed E-state index contributed by atoms with van der Waals surface area (Å²) < 4.78 is 5.14. The van der Waals surface area contributed by atoms with Gasteiger partial charge < -0.3 is 15.0 Å². The van der Waals surface area contributed by atoms with E-state index in [4.69, 9.17) is 4.74 Å². The first kappa shape index (κ1) is 22.1. The third-order valence-electron chi connectivity index (χ3n) is 4.42. The van der Waals surface area contributed by atoms with Crippen LogP contribution in [0, 0.1) is 0 Å². The molecule has 5 nitrogen and oxygen atoms in total. The van der Waals surface area contributed by atoms with Crippen LogP contribution in [0.4, 0.5) is 10.5 Å². The summed E-state index contributed by atoms with van der Waals surface area (Å²) in [5.74, 6) is 0.778. The highest BCUT2D eigenvalue weighted by Gasteiger charge is 2.26. The molecule has 2 amide bonds. The Kier molecular flexibility index (Phi) is 9.24. The summed E-state index contributed by atoms with van der Waals surface area (Å²) in [7, 11) is 1.63. The average molecular weight is 398 g/mol. The van der Waals surface area contributed by atoms with E-state index in [1.807, 2.05) is 41.4 Å². The number of aromatic nitrogens is 1. The minimum absolute atomic E-state index is 0. The number of hydrogen-bond donors (Lipinski definition) is 1. The molecule has 1 atom stereocenters. The molecule has 3 rings (SSSR count). The molecule has 0 aliphatic carbocycles. The normalized spacial score (nSPS) is 16.0. The predicted molar refractivity (Wildman–Crippen MR) is 109 cm³/mol. The molecule has 1 aliphatic rings. The first-order valence-electron chi connectivity index (χ1n) is 8.37. The van der Waals surface area contributed by atoms with Crippen molar-refractivity contribution < 1.29 is 9.53 Å². The Hall–Kier alpha value is -1.98. The molecule has 142 valence electrons. The van der Waals surface area contributed by atoms with E-state index in [0.717, 1.165) is 43.7 Å². The summed E-state index contributed by atoms with van der Waals surface area (Å²) >= 11 is 0. The summed E-state index contributed by atoms with van der Waals surface area (Å²) in [6, 6.07) is 11.6. The number of ether oxygens (including phenoxy) is 1. The molecule has 1 aromatic carbocycles. The minimum atomic E-state index is -0.0336. The molecule has 0 saturated carbocycles. The van der Waals surface area contributed by atoms with Crippen LogP contribution in [-0.4, -0.2) is 35.6 Å². The van der Waals surface area contributed by atoms with Crippen LogP contribution in [0.5, 0.6) is 5.75 Å². The molecule has 1 aromatic heterocycles. The highest BCUT2D eigenvalue weighted by atomic mass is 35.5. The standard InChI is InChI=1S/C19H23N3O2.2ClH/c1-24-18-9-7-16(8-10-18)21-19(23)22-12-3-2-6-17(22)13-15-5-4-11-20-14-15;;/h4-5,7-11,14,17H,2-3,6,12-13H2,1H3,(H,21,23);2*1H. The van der Waals surface area contributed by atoms with Gasteiger partial charge in [-0.25, -0.2) is 4.79 Å².